The predicted molar refractivity (Wildman–Crippen MR) is 191 cm³/mol. The first-order chi connectivity index (χ1) is 23.6. The second-order valence-corrected chi connectivity index (χ2v) is 15.3. The van der Waals surface area contributed by atoms with Gasteiger partial charge in [-0.3, -0.25) is 14.5 Å². The maximum absolute atomic E-state index is 14.1. The van der Waals surface area contributed by atoms with Crippen LogP contribution < -0.4 is 15.4 Å². The largest absolute Gasteiger partial charge is 0.457 e. The van der Waals surface area contributed by atoms with Crippen molar-refractivity contribution in [1.29, 1.82) is 0 Å². The SMILES string of the molecule is CC(C)(C)OC(=O)N1CCC(NC(=O)c2ccc3c(c2)C(C(=O)NC2CCN(C/C4=C/CCCCCCC4)CC2)c2ccccc2O3)CC1. The third-order valence-corrected chi connectivity index (χ3v) is 10.3. The molecule has 0 saturated carbocycles. The molecule has 0 spiro atoms. The van der Waals surface area contributed by atoms with Crippen LogP contribution in [-0.2, 0) is 9.53 Å². The van der Waals surface area contributed by atoms with E-state index in [1.807, 2.05) is 51.1 Å². The Balaban J connectivity index is 1.08. The Bertz CT molecular complexity index is 1510. The van der Waals surface area contributed by atoms with Crippen molar-refractivity contribution in [3.05, 3.63) is 70.8 Å². The predicted octanol–water partition coefficient (Wildman–Crippen LogP) is 7.30. The summed E-state index contributed by atoms with van der Waals surface area (Å²) < 4.78 is 11.8. The van der Waals surface area contributed by atoms with Gasteiger partial charge in [-0.15, -0.1) is 0 Å². The zero-order valence-electron chi connectivity index (χ0n) is 29.6. The first kappa shape index (κ1) is 35.0. The highest BCUT2D eigenvalue weighted by atomic mass is 16.6. The quantitative estimate of drug-likeness (QED) is 0.313. The molecular weight excluding hydrogens is 616 g/mol. The molecule has 1 aliphatic carbocycles. The number of fused-ring (bicyclic) bond motifs is 2. The number of benzene rings is 2. The summed E-state index contributed by atoms with van der Waals surface area (Å²) in [5.41, 5.74) is 3.04. The van der Waals surface area contributed by atoms with E-state index in [2.05, 4.69) is 21.6 Å². The molecule has 2 aromatic carbocycles. The summed E-state index contributed by atoms with van der Waals surface area (Å²) in [6, 6.07) is 13.1. The summed E-state index contributed by atoms with van der Waals surface area (Å²) in [5.74, 6) is 0.439. The number of rotatable bonds is 6. The fourth-order valence-corrected chi connectivity index (χ4v) is 7.58. The van der Waals surface area contributed by atoms with Crippen molar-refractivity contribution in [2.24, 2.45) is 0 Å². The first-order valence-corrected chi connectivity index (χ1v) is 18.5. The van der Waals surface area contributed by atoms with Gasteiger partial charge in [-0.05, 0) is 96.4 Å². The number of nitrogens with zero attached hydrogens (tertiary/aromatic N) is 2. The van der Waals surface area contributed by atoms with Crippen molar-refractivity contribution in [3.8, 4) is 11.5 Å². The lowest BCUT2D eigenvalue weighted by atomic mass is 9.85. The van der Waals surface area contributed by atoms with E-state index in [0.29, 0.717) is 48.6 Å². The topological polar surface area (TPSA) is 100 Å². The highest BCUT2D eigenvalue weighted by Gasteiger charge is 2.35. The average Bonchev–Trinajstić information content (AvgIpc) is 3.21. The van der Waals surface area contributed by atoms with Crippen molar-refractivity contribution in [3.63, 3.8) is 0 Å². The van der Waals surface area contributed by atoms with Gasteiger partial charge in [0.25, 0.3) is 5.91 Å². The van der Waals surface area contributed by atoms with Crippen molar-refractivity contribution >= 4 is 17.9 Å². The van der Waals surface area contributed by atoms with E-state index in [1.54, 1.807) is 22.6 Å². The molecular formula is C40H54N4O5. The van der Waals surface area contributed by atoms with Crippen LogP contribution in [0.3, 0.4) is 0 Å². The summed E-state index contributed by atoms with van der Waals surface area (Å²) in [6.07, 6.45) is 14.4. The van der Waals surface area contributed by atoms with E-state index in [9.17, 15) is 14.4 Å². The summed E-state index contributed by atoms with van der Waals surface area (Å²) in [6.45, 7) is 9.62. The second kappa shape index (κ2) is 15.8. The number of hydrogen-bond acceptors (Lipinski definition) is 6. The van der Waals surface area contributed by atoms with Crippen LogP contribution in [0.5, 0.6) is 11.5 Å². The van der Waals surface area contributed by atoms with E-state index in [4.69, 9.17) is 9.47 Å². The average molecular weight is 671 g/mol. The highest BCUT2D eigenvalue weighted by molar-refractivity contribution is 5.96. The Morgan fingerprint density at radius 3 is 2.27 bits per heavy atom. The fourth-order valence-electron chi connectivity index (χ4n) is 7.58. The summed E-state index contributed by atoms with van der Waals surface area (Å²) >= 11 is 0. The number of hydrogen-bond donors (Lipinski definition) is 2. The molecule has 49 heavy (non-hydrogen) atoms. The van der Waals surface area contributed by atoms with Crippen LogP contribution in [-0.4, -0.2) is 78.1 Å². The minimum atomic E-state index is -0.577. The van der Waals surface area contributed by atoms with Crippen LogP contribution in [0.1, 0.15) is 119 Å². The van der Waals surface area contributed by atoms with E-state index in [0.717, 1.165) is 38.0 Å². The van der Waals surface area contributed by atoms with Gasteiger partial charge in [0.1, 0.15) is 17.1 Å². The smallest absolute Gasteiger partial charge is 0.410 e. The molecule has 0 aromatic heterocycles. The van der Waals surface area contributed by atoms with E-state index in [-0.39, 0.29) is 30.0 Å². The fraction of sp³-hybridized carbons (Fsp3) is 0.575. The van der Waals surface area contributed by atoms with Gasteiger partial charge in [0.2, 0.25) is 5.91 Å². The summed E-state index contributed by atoms with van der Waals surface area (Å²) in [4.78, 5) is 44.4. The Hall–Kier alpha value is -3.85. The molecule has 2 N–H and O–H groups in total. The van der Waals surface area contributed by atoms with Gasteiger partial charge in [-0.2, -0.15) is 0 Å². The normalized spacial score (nSPS) is 22.1. The third-order valence-electron chi connectivity index (χ3n) is 10.3. The minimum absolute atomic E-state index is 0.0542. The number of para-hydroxylation sites is 1. The Labute approximate surface area is 291 Å². The van der Waals surface area contributed by atoms with E-state index in [1.165, 1.54) is 44.9 Å². The van der Waals surface area contributed by atoms with Gasteiger partial charge in [0, 0.05) is 61.5 Å². The van der Waals surface area contributed by atoms with Gasteiger partial charge in [0.15, 0.2) is 0 Å². The molecule has 0 radical (unpaired) electrons. The number of carbonyl (C=O) groups is 3. The first-order valence-electron chi connectivity index (χ1n) is 18.5. The van der Waals surface area contributed by atoms with Crippen LogP contribution in [0.2, 0.25) is 0 Å². The van der Waals surface area contributed by atoms with Crippen LogP contribution in [0.15, 0.2) is 54.1 Å². The number of allylic oxidation sites excluding steroid dienone is 1. The molecule has 1 unspecified atom stereocenters. The van der Waals surface area contributed by atoms with Crippen molar-refractivity contribution in [2.75, 3.05) is 32.7 Å². The lowest BCUT2D eigenvalue weighted by molar-refractivity contribution is -0.122. The number of nitrogens with one attached hydrogen (secondary N) is 2. The minimum Gasteiger partial charge on any atom is -0.457 e. The number of ether oxygens (including phenoxy) is 2. The number of likely N-dealkylation sites (tertiary alicyclic amines) is 2. The van der Waals surface area contributed by atoms with Crippen LogP contribution in [0.4, 0.5) is 4.79 Å². The molecule has 9 heteroatoms. The maximum atomic E-state index is 14.1. The summed E-state index contributed by atoms with van der Waals surface area (Å²) in [5, 5.41) is 6.54. The maximum Gasteiger partial charge on any atom is 0.410 e. The molecule has 3 heterocycles. The molecule has 9 nitrogen and oxygen atoms in total. The summed E-state index contributed by atoms with van der Waals surface area (Å²) in [7, 11) is 0. The standard InChI is InChI=1S/C40H54N4O5/c1-40(2,3)49-39(47)44-24-20-31(21-25-44)41-37(45)29-16-17-35-33(26-29)36(32-14-10-11-15-34(32)48-35)38(46)42-30-18-22-43(23-19-30)27-28-12-8-6-4-5-7-9-13-28/h10-12,14-17,26,30-31,36H,4-9,13,18-25,27H2,1-3H3,(H,41,45)(H,42,46)/b28-12+. The Morgan fingerprint density at radius 1 is 0.816 bits per heavy atom. The molecule has 264 valence electrons. The Kier molecular flexibility index (Phi) is 11.3. The van der Waals surface area contributed by atoms with Crippen molar-refractivity contribution in [1.82, 2.24) is 20.4 Å². The van der Waals surface area contributed by atoms with Gasteiger partial charge >= 0.3 is 6.09 Å². The Morgan fingerprint density at radius 2 is 1.49 bits per heavy atom. The van der Waals surface area contributed by atoms with E-state index < -0.39 is 11.5 Å². The molecule has 2 aromatic rings. The molecule has 3 amide bonds. The van der Waals surface area contributed by atoms with Crippen molar-refractivity contribution in [2.45, 2.75) is 115 Å². The second-order valence-electron chi connectivity index (χ2n) is 15.3. The zero-order valence-corrected chi connectivity index (χ0v) is 29.6. The molecule has 4 aliphatic rings. The third kappa shape index (κ3) is 9.24. The highest BCUT2D eigenvalue weighted by Crippen LogP contribution is 2.44. The number of piperidine rings is 2. The molecule has 6 rings (SSSR count). The van der Waals surface area contributed by atoms with Crippen LogP contribution in [0, 0.1) is 0 Å². The van der Waals surface area contributed by atoms with Crippen LogP contribution >= 0.6 is 0 Å². The molecule has 2 saturated heterocycles. The van der Waals surface area contributed by atoms with Gasteiger partial charge in [-0.1, -0.05) is 49.1 Å². The van der Waals surface area contributed by atoms with Crippen molar-refractivity contribution < 1.29 is 23.9 Å². The lowest BCUT2D eigenvalue weighted by Crippen LogP contribution is -2.47. The molecule has 1 atom stereocenters. The van der Waals surface area contributed by atoms with Crippen LogP contribution in [0.25, 0.3) is 0 Å². The van der Waals surface area contributed by atoms with E-state index >= 15 is 0 Å². The lowest BCUT2D eigenvalue weighted by Gasteiger charge is -2.35. The molecule has 3 aliphatic heterocycles. The van der Waals surface area contributed by atoms with Gasteiger partial charge in [0.05, 0.1) is 5.92 Å². The van der Waals surface area contributed by atoms with Gasteiger partial charge < -0.3 is 25.0 Å². The monoisotopic (exact) mass is 670 g/mol. The number of amides is 3. The van der Waals surface area contributed by atoms with Gasteiger partial charge in [-0.25, -0.2) is 4.79 Å². The number of carbonyl (C=O) groups excluding carboxylic acids is 3. The molecule has 2 fully saturated rings. The molecule has 0 bridgehead atoms. The zero-order chi connectivity index (χ0) is 34.4.